The number of para-hydroxylation sites is 1. The van der Waals surface area contributed by atoms with Crippen LogP contribution in [0.1, 0.15) is 5.48 Å². The van der Waals surface area contributed by atoms with Crippen LogP contribution in [0.25, 0.3) is 76.9 Å². The van der Waals surface area contributed by atoms with Crippen LogP contribution in [0.5, 0.6) is 0 Å². The van der Waals surface area contributed by atoms with E-state index in [0.717, 1.165) is 60.4 Å². The first-order valence-corrected chi connectivity index (χ1v) is 17.4. The van der Waals surface area contributed by atoms with Gasteiger partial charge in [0.2, 0.25) is 0 Å². The number of nitrogens with zero attached hydrogens (tertiary/aromatic N) is 1. The Morgan fingerprint density at radius 1 is 0.385 bits per heavy atom. The van der Waals surface area contributed by atoms with E-state index < -0.39 is 0 Å². The molecule has 0 atom stereocenters. The van der Waals surface area contributed by atoms with Crippen LogP contribution in [-0.4, -0.2) is 0 Å². The van der Waals surface area contributed by atoms with Gasteiger partial charge in [0, 0.05) is 33.1 Å². The molecule has 0 amide bonds. The fourth-order valence-electron chi connectivity index (χ4n) is 7.31. The molecule has 0 N–H and O–H groups in total. The minimum Gasteiger partial charge on any atom is -0.455 e. The van der Waals surface area contributed by atoms with E-state index in [4.69, 9.17) is 4.42 Å². The van der Waals surface area contributed by atoms with Gasteiger partial charge in [0.1, 0.15) is 11.2 Å². The Kier molecular flexibility index (Phi) is 6.22. The molecule has 2 heteroatoms. The number of anilines is 3. The largest absolute Gasteiger partial charge is 0.455 e. The Morgan fingerprint density at radius 2 is 1.02 bits per heavy atom. The summed E-state index contributed by atoms with van der Waals surface area (Å²) in [5.41, 5.74) is 7.92. The number of furan rings is 1. The quantitative estimate of drug-likeness (QED) is 0.175. The highest BCUT2D eigenvalue weighted by Crippen LogP contribution is 2.43. The van der Waals surface area contributed by atoms with E-state index in [9.17, 15) is 5.48 Å². The second-order valence-corrected chi connectivity index (χ2v) is 13.0. The fourth-order valence-corrected chi connectivity index (χ4v) is 7.31. The number of fused-ring (bicyclic) bond motifs is 6. The lowest BCUT2D eigenvalue weighted by atomic mass is 9.98. The summed E-state index contributed by atoms with van der Waals surface area (Å²) in [6.07, 6.45) is 0. The number of rotatable bonds is 6. The number of benzene rings is 9. The van der Waals surface area contributed by atoms with Crippen LogP contribution in [0.4, 0.5) is 17.1 Å². The Morgan fingerprint density at radius 3 is 1.87 bits per heavy atom. The molecule has 0 saturated carbocycles. The third-order valence-corrected chi connectivity index (χ3v) is 9.93. The summed E-state index contributed by atoms with van der Waals surface area (Å²) in [6.45, 7) is 0. The van der Waals surface area contributed by atoms with Gasteiger partial charge in [-0.05, 0) is 98.5 Å². The SMILES string of the molecule is [2H]c1c([2H])c(N(c2ccc(-c3ccc4ccccc4c3)cc2)c2ccccc2-c2ccc3c(c2)oc2c4ccccc4ccc32)c([2H])c([2H])c1-c1ccccc1. The second kappa shape index (κ2) is 12.5. The molecule has 2 nitrogen and oxygen atoms in total. The Bertz CT molecular complexity index is 3110. The molecule has 244 valence electrons. The molecule has 10 aromatic rings. The van der Waals surface area contributed by atoms with Gasteiger partial charge in [-0.3, -0.25) is 0 Å². The molecular formula is C50H33NO. The Hall–Kier alpha value is -6.90. The third kappa shape index (κ3) is 5.21. The monoisotopic (exact) mass is 667 g/mol. The van der Waals surface area contributed by atoms with Crippen LogP contribution in [-0.2, 0) is 0 Å². The maximum Gasteiger partial charge on any atom is 0.143 e. The average molecular weight is 668 g/mol. The van der Waals surface area contributed by atoms with Gasteiger partial charge in [0.25, 0.3) is 0 Å². The van der Waals surface area contributed by atoms with Crippen molar-refractivity contribution in [3.05, 3.63) is 200 Å². The molecular weight excluding hydrogens is 631 g/mol. The minimum atomic E-state index is -0.127. The fraction of sp³-hybridized carbons (Fsp3) is 0. The molecule has 0 unspecified atom stereocenters. The predicted molar refractivity (Wildman–Crippen MR) is 220 cm³/mol. The van der Waals surface area contributed by atoms with E-state index in [2.05, 4.69) is 84.9 Å². The molecule has 0 aliphatic rings. The molecule has 0 fully saturated rings. The Labute approximate surface area is 308 Å². The smallest absolute Gasteiger partial charge is 0.143 e. The highest BCUT2D eigenvalue weighted by molar-refractivity contribution is 6.15. The van der Waals surface area contributed by atoms with Crippen LogP contribution >= 0.6 is 0 Å². The number of hydrogen-bond acceptors (Lipinski definition) is 2. The highest BCUT2D eigenvalue weighted by atomic mass is 16.3. The van der Waals surface area contributed by atoms with Crippen molar-refractivity contribution in [2.24, 2.45) is 0 Å². The van der Waals surface area contributed by atoms with Crippen molar-refractivity contribution >= 4 is 60.5 Å². The van der Waals surface area contributed by atoms with Crippen LogP contribution in [0.15, 0.2) is 205 Å². The van der Waals surface area contributed by atoms with Gasteiger partial charge in [0.05, 0.1) is 11.2 Å². The zero-order chi connectivity index (χ0) is 37.9. The molecule has 0 bridgehead atoms. The predicted octanol–water partition coefficient (Wildman–Crippen LogP) is 14.4. The summed E-state index contributed by atoms with van der Waals surface area (Å²) in [7, 11) is 0. The molecule has 52 heavy (non-hydrogen) atoms. The van der Waals surface area contributed by atoms with E-state index in [-0.39, 0.29) is 35.4 Å². The van der Waals surface area contributed by atoms with Crippen LogP contribution in [0.2, 0.25) is 0 Å². The second-order valence-electron chi connectivity index (χ2n) is 13.0. The van der Waals surface area contributed by atoms with Crippen molar-refractivity contribution in [3.8, 4) is 33.4 Å². The van der Waals surface area contributed by atoms with Gasteiger partial charge in [0.15, 0.2) is 0 Å². The first kappa shape index (κ1) is 26.0. The zero-order valence-corrected chi connectivity index (χ0v) is 28.1. The van der Waals surface area contributed by atoms with Gasteiger partial charge < -0.3 is 9.32 Å². The molecule has 1 aromatic heterocycles. The lowest BCUT2D eigenvalue weighted by molar-refractivity contribution is 0.673. The minimum absolute atomic E-state index is 0.0987. The topological polar surface area (TPSA) is 16.4 Å². The van der Waals surface area contributed by atoms with Gasteiger partial charge in [-0.1, -0.05) is 146 Å². The standard InChI is InChI=1S/C50H33NO/c1-2-10-34(11-3-1)36-20-26-42(27-21-36)51(43-28-22-37(23-29-43)40-19-18-35-12-4-5-14-39(35)32-40)48-17-9-8-15-44(48)41-25-30-46-47-31-24-38-13-6-7-16-45(38)50(47)52-49(46)33-41/h1-33H/i20D,21D,26D,27D. The van der Waals surface area contributed by atoms with E-state index in [1.54, 1.807) is 0 Å². The van der Waals surface area contributed by atoms with Crippen molar-refractivity contribution in [1.82, 2.24) is 0 Å². The molecule has 9 aromatic carbocycles. The molecule has 0 spiro atoms. The molecule has 0 radical (unpaired) electrons. The van der Waals surface area contributed by atoms with E-state index in [0.29, 0.717) is 16.9 Å². The van der Waals surface area contributed by atoms with Crippen LogP contribution < -0.4 is 4.90 Å². The molecule has 1 heterocycles. The zero-order valence-electron chi connectivity index (χ0n) is 32.1. The third-order valence-electron chi connectivity index (χ3n) is 9.93. The number of hydrogen-bond donors (Lipinski definition) is 0. The van der Waals surface area contributed by atoms with Crippen molar-refractivity contribution in [2.45, 2.75) is 0 Å². The average Bonchev–Trinajstić information content (AvgIpc) is 3.63. The Balaban J connectivity index is 1.17. The van der Waals surface area contributed by atoms with Crippen LogP contribution in [0.3, 0.4) is 0 Å². The lowest BCUT2D eigenvalue weighted by Crippen LogP contribution is -2.11. The van der Waals surface area contributed by atoms with Gasteiger partial charge in [-0.15, -0.1) is 0 Å². The van der Waals surface area contributed by atoms with Crippen molar-refractivity contribution in [1.29, 1.82) is 0 Å². The van der Waals surface area contributed by atoms with Gasteiger partial charge >= 0.3 is 0 Å². The summed E-state index contributed by atoms with van der Waals surface area (Å²) in [5.74, 6) is 0. The van der Waals surface area contributed by atoms with Crippen molar-refractivity contribution in [3.63, 3.8) is 0 Å². The normalized spacial score (nSPS) is 12.5. The lowest BCUT2D eigenvalue weighted by Gasteiger charge is -2.28. The van der Waals surface area contributed by atoms with Crippen molar-refractivity contribution < 1.29 is 9.90 Å². The maximum atomic E-state index is 9.47. The molecule has 0 saturated heterocycles. The van der Waals surface area contributed by atoms with Crippen molar-refractivity contribution in [2.75, 3.05) is 4.90 Å². The first-order chi connectivity index (χ1) is 27.4. The van der Waals surface area contributed by atoms with Gasteiger partial charge in [-0.2, -0.15) is 0 Å². The first-order valence-electron chi connectivity index (χ1n) is 19.4. The summed E-state index contributed by atoms with van der Waals surface area (Å²) in [6, 6.07) is 58.2. The summed E-state index contributed by atoms with van der Waals surface area (Å²) in [4.78, 5) is 1.87. The molecule has 0 aliphatic carbocycles. The maximum absolute atomic E-state index is 9.47. The van der Waals surface area contributed by atoms with E-state index >= 15 is 0 Å². The van der Waals surface area contributed by atoms with E-state index in [1.165, 1.54) is 5.39 Å². The highest BCUT2D eigenvalue weighted by Gasteiger charge is 2.19. The van der Waals surface area contributed by atoms with E-state index in [1.807, 2.05) is 95.9 Å². The summed E-state index contributed by atoms with van der Waals surface area (Å²) >= 11 is 0. The van der Waals surface area contributed by atoms with Crippen LogP contribution in [0, 0.1) is 0 Å². The molecule has 10 rings (SSSR count). The summed E-state index contributed by atoms with van der Waals surface area (Å²) in [5, 5.41) is 6.57. The molecule has 0 aliphatic heterocycles. The van der Waals surface area contributed by atoms with Gasteiger partial charge in [-0.25, -0.2) is 0 Å². The summed E-state index contributed by atoms with van der Waals surface area (Å²) < 4.78 is 44.0.